The number of nitrogens with zero attached hydrogens (tertiary/aromatic N) is 1. The molecular formula is C8H15N2. The molecule has 1 aliphatic carbocycles. The number of rotatable bonds is 1. The highest BCUT2D eigenvalue weighted by Crippen LogP contribution is 2.24. The molecule has 1 fully saturated rings. The lowest BCUT2D eigenvalue weighted by Crippen LogP contribution is -1.97. The summed E-state index contributed by atoms with van der Waals surface area (Å²) in [6.07, 6.45) is 8.69. The molecule has 0 amide bonds. The van der Waals surface area contributed by atoms with Gasteiger partial charge in [-0.05, 0) is 12.8 Å². The summed E-state index contributed by atoms with van der Waals surface area (Å²) in [6.45, 7) is 0. The van der Waals surface area contributed by atoms with Crippen molar-refractivity contribution < 1.29 is 0 Å². The van der Waals surface area contributed by atoms with E-state index < -0.39 is 0 Å². The van der Waals surface area contributed by atoms with Crippen molar-refractivity contribution in [3.8, 4) is 0 Å². The van der Waals surface area contributed by atoms with Crippen LogP contribution in [-0.4, -0.2) is 0 Å². The molecule has 0 heterocycles. The van der Waals surface area contributed by atoms with Gasteiger partial charge in [0.15, 0.2) is 0 Å². The van der Waals surface area contributed by atoms with Gasteiger partial charge in [0, 0.05) is 0 Å². The molecular weight excluding hydrogens is 124 g/mol. The smallest absolute Gasteiger partial charge is 0.108 e. The summed E-state index contributed by atoms with van der Waals surface area (Å²) in [5.41, 5.74) is 6.85. The van der Waals surface area contributed by atoms with E-state index in [1.54, 1.807) is 0 Å². The van der Waals surface area contributed by atoms with Gasteiger partial charge in [-0.15, -0.1) is 0 Å². The lowest BCUT2D eigenvalue weighted by Gasteiger charge is -2.12. The molecule has 0 aromatic rings. The highest BCUT2D eigenvalue weighted by molar-refractivity contribution is 4.84. The Bertz CT molecular complexity index is 93.4. The summed E-state index contributed by atoms with van der Waals surface area (Å²) < 4.78 is 0. The first-order chi connectivity index (χ1) is 4.93. The highest BCUT2D eigenvalue weighted by atomic mass is 15.0. The largest absolute Gasteiger partial charge is 0.209 e. The Morgan fingerprint density at radius 2 is 1.40 bits per heavy atom. The normalized spacial score (nSPS) is 23.2. The van der Waals surface area contributed by atoms with Crippen molar-refractivity contribution in [3.63, 3.8) is 0 Å². The zero-order valence-corrected chi connectivity index (χ0v) is 6.40. The minimum absolute atomic E-state index is 1.07. The zero-order chi connectivity index (χ0) is 7.23. The van der Waals surface area contributed by atoms with Crippen LogP contribution in [0.15, 0.2) is 5.11 Å². The van der Waals surface area contributed by atoms with Crippen molar-refractivity contribution in [1.29, 1.82) is 5.53 Å². The summed E-state index contributed by atoms with van der Waals surface area (Å²) >= 11 is 0. The molecule has 0 aromatic carbocycles. The molecule has 1 saturated carbocycles. The first-order valence-electron chi connectivity index (χ1n) is 4.15. The topological polar surface area (TPSA) is 36.2 Å². The van der Waals surface area contributed by atoms with E-state index in [1.807, 2.05) is 0 Å². The van der Waals surface area contributed by atoms with Crippen LogP contribution in [0, 0.1) is 11.6 Å². The average Bonchev–Trinajstić information content (AvgIpc) is 1.87. The molecule has 0 saturated heterocycles. The summed E-state index contributed by atoms with van der Waals surface area (Å²) in [4.78, 5) is 0. The monoisotopic (exact) mass is 139 g/mol. The summed E-state index contributed by atoms with van der Waals surface area (Å²) in [6, 6.07) is 1.11. The Hall–Kier alpha value is -0.400. The molecule has 10 heavy (non-hydrogen) atoms. The maximum Gasteiger partial charge on any atom is 0.108 e. The van der Waals surface area contributed by atoms with Crippen LogP contribution < -0.4 is 0 Å². The molecule has 1 radical (unpaired) electrons. The summed E-state index contributed by atoms with van der Waals surface area (Å²) in [7, 11) is 0. The molecule has 1 N–H and O–H groups in total. The van der Waals surface area contributed by atoms with E-state index in [-0.39, 0.29) is 0 Å². The van der Waals surface area contributed by atoms with E-state index >= 15 is 0 Å². The first kappa shape index (κ1) is 7.70. The van der Waals surface area contributed by atoms with Crippen molar-refractivity contribution in [1.82, 2.24) is 0 Å². The van der Waals surface area contributed by atoms with Gasteiger partial charge in [0.25, 0.3) is 0 Å². The third-order valence-electron chi connectivity index (χ3n) is 2.09. The van der Waals surface area contributed by atoms with E-state index in [0.29, 0.717) is 0 Å². The molecule has 57 valence electrons. The molecule has 0 aromatic heterocycles. The third-order valence-corrected chi connectivity index (χ3v) is 2.09. The molecule has 1 aliphatic rings. The molecule has 1 rings (SSSR count). The fraction of sp³-hybridized carbons (Fsp3) is 0.875. The molecule has 2 heteroatoms. The van der Waals surface area contributed by atoms with E-state index in [9.17, 15) is 0 Å². The van der Waals surface area contributed by atoms with Gasteiger partial charge >= 0.3 is 0 Å². The maximum absolute atomic E-state index is 6.85. The molecule has 0 aliphatic heterocycles. The number of hydrogen-bond donors (Lipinski definition) is 1. The van der Waals surface area contributed by atoms with Crippen LogP contribution >= 0.6 is 0 Å². The van der Waals surface area contributed by atoms with Gasteiger partial charge in [-0.2, -0.15) is 5.11 Å². The van der Waals surface area contributed by atoms with E-state index in [0.717, 1.165) is 18.9 Å². The number of nitrogens with one attached hydrogen (secondary N) is 1. The Kier molecular flexibility index (Phi) is 3.41. The molecule has 2 nitrogen and oxygen atoms in total. The maximum atomic E-state index is 6.85. The predicted molar refractivity (Wildman–Crippen MR) is 40.7 cm³/mol. The van der Waals surface area contributed by atoms with Crippen molar-refractivity contribution >= 4 is 0 Å². The Morgan fingerprint density at radius 3 is 1.90 bits per heavy atom. The van der Waals surface area contributed by atoms with Crippen LogP contribution in [0.25, 0.3) is 0 Å². The predicted octanol–water partition coefficient (Wildman–Crippen LogP) is 3.29. The van der Waals surface area contributed by atoms with Crippen molar-refractivity contribution in [2.24, 2.45) is 5.11 Å². The van der Waals surface area contributed by atoms with Crippen LogP contribution in [0.1, 0.15) is 44.9 Å². The molecule has 0 bridgehead atoms. The van der Waals surface area contributed by atoms with Gasteiger partial charge in [0.05, 0.1) is 0 Å². The van der Waals surface area contributed by atoms with E-state index in [1.165, 1.54) is 32.1 Å². The Morgan fingerprint density at radius 1 is 0.900 bits per heavy atom. The van der Waals surface area contributed by atoms with Crippen LogP contribution in [0.2, 0.25) is 0 Å². The van der Waals surface area contributed by atoms with Gasteiger partial charge in [0.1, 0.15) is 6.04 Å². The second-order valence-corrected chi connectivity index (χ2v) is 2.95. The van der Waals surface area contributed by atoms with Crippen LogP contribution in [0.3, 0.4) is 0 Å². The van der Waals surface area contributed by atoms with Gasteiger partial charge in [0.2, 0.25) is 0 Å². The fourth-order valence-electron chi connectivity index (χ4n) is 1.43. The first-order valence-corrected chi connectivity index (χ1v) is 4.15. The summed E-state index contributed by atoms with van der Waals surface area (Å²) in [5, 5.41) is 3.52. The van der Waals surface area contributed by atoms with Crippen molar-refractivity contribution in [2.45, 2.75) is 44.9 Å². The molecule has 0 atom stereocenters. The van der Waals surface area contributed by atoms with Crippen LogP contribution in [0.5, 0.6) is 0 Å². The second-order valence-electron chi connectivity index (χ2n) is 2.95. The van der Waals surface area contributed by atoms with E-state index in [2.05, 4.69) is 5.11 Å². The Labute approximate surface area is 62.5 Å². The SMILES string of the molecule is N=N[C]1CCCCCCC1. The van der Waals surface area contributed by atoms with Crippen LogP contribution in [-0.2, 0) is 0 Å². The standard InChI is InChI=1S/C8H15N2/c9-10-8-6-4-2-1-3-5-7-8/h9H,1-7H2. The van der Waals surface area contributed by atoms with Crippen LogP contribution in [0.4, 0.5) is 0 Å². The Balaban J connectivity index is 2.22. The van der Waals surface area contributed by atoms with Gasteiger partial charge < -0.3 is 0 Å². The van der Waals surface area contributed by atoms with E-state index in [4.69, 9.17) is 5.53 Å². The minimum Gasteiger partial charge on any atom is -0.209 e. The number of hydrogen-bond acceptors (Lipinski definition) is 2. The second kappa shape index (κ2) is 4.42. The lowest BCUT2D eigenvalue weighted by molar-refractivity contribution is 0.514. The third kappa shape index (κ3) is 2.46. The molecule has 0 spiro atoms. The van der Waals surface area contributed by atoms with Crippen molar-refractivity contribution in [2.75, 3.05) is 0 Å². The average molecular weight is 139 g/mol. The van der Waals surface area contributed by atoms with Gasteiger partial charge in [-0.3, -0.25) is 0 Å². The van der Waals surface area contributed by atoms with Crippen molar-refractivity contribution in [3.05, 3.63) is 6.04 Å². The molecule has 0 unspecified atom stereocenters. The highest BCUT2D eigenvalue weighted by Gasteiger charge is 2.09. The minimum atomic E-state index is 1.07. The van der Waals surface area contributed by atoms with Gasteiger partial charge in [-0.25, -0.2) is 5.53 Å². The fourth-order valence-corrected chi connectivity index (χ4v) is 1.43. The quantitative estimate of drug-likeness (QED) is 0.541. The zero-order valence-electron chi connectivity index (χ0n) is 6.40. The van der Waals surface area contributed by atoms with Gasteiger partial charge in [-0.1, -0.05) is 32.1 Å². The summed E-state index contributed by atoms with van der Waals surface area (Å²) in [5.74, 6) is 0. The lowest BCUT2D eigenvalue weighted by atomic mass is 9.97.